The molecule has 0 aliphatic heterocycles. The van der Waals surface area contributed by atoms with Crippen LogP contribution in [-0.2, 0) is 10.0 Å². The largest absolute Gasteiger partial charge is 0.507 e. The molecular formula is C19H16Cl2F2N4O7S. The molecule has 0 aliphatic carbocycles. The van der Waals surface area contributed by atoms with Gasteiger partial charge in [-0.05, 0) is 31.2 Å². The third-order valence-electron chi connectivity index (χ3n) is 4.36. The first-order chi connectivity index (χ1) is 16.3. The van der Waals surface area contributed by atoms with Gasteiger partial charge in [-0.3, -0.25) is 9.78 Å². The second kappa shape index (κ2) is 10.3. The fourth-order valence-corrected chi connectivity index (χ4v) is 4.65. The lowest BCUT2D eigenvalue weighted by Crippen LogP contribution is -2.35. The Morgan fingerprint density at radius 2 is 1.83 bits per heavy atom. The molecule has 0 amide bonds. The highest BCUT2D eigenvalue weighted by atomic mass is 35.5. The Bertz CT molecular complexity index is 1470. The maximum Gasteiger partial charge on any atom is 0.349 e. The van der Waals surface area contributed by atoms with Crippen molar-refractivity contribution in [1.82, 2.24) is 19.5 Å². The topological polar surface area (TPSA) is 164 Å². The summed E-state index contributed by atoms with van der Waals surface area (Å²) in [5.74, 6) is -0.911. The van der Waals surface area contributed by atoms with Gasteiger partial charge in [0, 0.05) is 12.1 Å². The van der Waals surface area contributed by atoms with Crippen LogP contribution in [0.25, 0.3) is 5.69 Å². The smallest absolute Gasteiger partial charge is 0.349 e. The second-order valence-electron chi connectivity index (χ2n) is 7.03. The van der Waals surface area contributed by atoms with E-state index < -0.39 is 56.7 Å². The van der Waals surface area contributed by atoms with Gasteiger partial charge in [0.1, 0.15) is 16.4 Å². The highest BCUT2D eigenvalue weighted by Gasteiger charge is 2.23. The first-order valence-corrected chi connectivity index (χ1v) is 11.7. The van der Waals surface area contributed by atoms with Crippen LogP contribution in [-0.4, -0.2) is 46.0 Å². The number of nitrogens with one attached hydrogen (secondary N) is 2. The van der Waals surface area contributed by atoms with Crippen LogP contribution >= 0.6 is 23.2 Å². The molecule has 4 N–H and O–H groups in total. The molecule has 0 saturated heterocycles. The lowest BCUT2D eigenvalue weighted by atomic mass is 10.3. The predicted molar refractivity (Wildman–Crippen MR) is 120 cm³/mol. The number of sulfonamides is 1. The maximum absolute atomic E-state index is 13.0. The fourth-order valence-electron chi connectivity index (χ4n) is 2.75. The van der Waals surface area contributed by atoms with Crippen LogP contribution in [0.2, 0.25) is 10.0 Å². The Morgan fingerprint density at radius 3 is 2.40 bits per heavy atom. The van der Waals surface area contributed by atoms with E-state index in [2.05, 4.69) is 9.82 Å². The van der Waals surface area contributed by atoms with Crippen LogP contribution in [0.5, 0.6) is 17.2 Å². The third-order valence-corrected chi connectivity index (χ3v) is 6.54. The van der Waals surface area contributed by atoms with Crippen molar-refractivity contribution in [3.05, 3.63) is 66.9 Å². The molecule has 35 heavy (non-hydrogen) atoms. The molecule has 1 heterocycles. The van der Waals surface area contributed by atoms with Gasteiger partial charge in [0.25, 0.3) is 12.0 Å². The standard InChI is InChI=1S/C19H16Cl2F2N4O7S/c1-8(7-28)26-35(32,33)14-6-10(2-3-13(14)29)34-16-11(20)4-9(5-12(16)21)27-19(31)24-18(30)15(25-27)17(22)23/h2-6,8,17,26,28-29H,7H2,1H3,(H,24,30,31). The van der Waals surface area contributed by atoms with E-state index in [0.717, 1.165) is 24.3 Å². The number of hydrogen-bond donors (Lipinski definition) is 4. The molecule has 2 aromatic carbocycles. The molecule has 0 fully saturated rings. The predicted octanol–water partition coefficient (Wildman–Crippen LogP) is 2.32. The van der Waals surface area contributed by atoms with Crippen molar-refractivity contribution >= 4 is 33.2 Å². The quantitative estimate of drug-likeness (QED) is 0.330. The van der Waals surface area contributed by atoms with Gasteiger partial charge < -0.3 is 14.9 Å². The number of hydrogen-bond acceptors (Lipinski definition) is 8. The summed E-state index contributed by atoms with van der Waals surface area (Å²) in [6, 6.07) is 4.58. The Hall–Kier alpha value is -3.04. The van der Waals surface area contributed by atoms with Crippen molar-refractivity contribution in [3.8, 4) is 22.9 Å². The molecule has 0 spiro atoms. The fraction of sp³-hybridized carbons (Fsp3) is 0.211. The van der Waals surface area contributed by atoms with Crippen molar-refractivity contribution < 1.29 is 32.1 Å². The van der Waals surface area contributed by atoms with E-state index in [1.54, 1.807) is 4.98 Å². The maximum atomic E-state index is 13.0. The van der Waals surface area contributed by atoms with Crippen LogP contribution in [0.15, 0.2) is 44.8 Å². The molecule has 0 bridgehead atoms. The normalized spacial score (nSPS) is 12.7. The minimum atomic E-state index is -4.24. The van der Waals surface area contributed by atoms with Gasteiger partial charge in [-0.1, -0.05) is 23.2 Å². The molecule has 0 saturated carbocycles. The van der Waals surface area contributed by atoms with Crippen molar-refractivity contribution in [2.75, 3.05) is 6.61 Å². The average Bonchev–Trinajstić information content (AvgIpc) is 2.76. The monoisotopic (exact) mass is 552 g/mol. The van der Waals surface area contributed by atoms with E-state index >= 15 is 0 Å². The summed E-state index contributed by atoms with van der Waals surface area (Å²) >= 11 is 12.4. The molecule has 188 valence electrons. The molecule has 0 radical (unpaired) electrons. The van der Waals surface area contributed by atoms with Gasteiger partial charge in [-0.2, -0.15) is 9.78 Å². The Morgan fingerprint density at radius 1 is 1.20 bits per heavy atom. The van der Waals surface area contributed by atoms with E-state index in [1.807, 2.05) is 0 Å². The average molecular weight is 553 g/mol. The number of phenols is 1. The van der Waals surface area contributed by atoms with Crippen LogP contribution < -0.4 is 20.7 Å². The molecule has 1 aromatic heterocycles. The number of benzene rings is 2. The molecule has 16 heteroatoms. The van der Waals surface area contributed by atoms with E-state index in [9.17, 15) is 31.9 Å². The third kappa shape index (κ3) is 5.79. The summed E-state index contributed by atoms with van der Waals surface area (Å²) in [4.78, 5) is 24.7. The molecule has 3 rings (SSSR count). The zero-order valence-corrected chi connectivity index (χ0v) is 19.8. The Labute approximate surface area is 205 Å². The molecular weight excluding hydrogens is 537 g/mol. The van der Waals surface area contributed by atoms with Crippen LogP contribution in [0, 0.1) is 0 Å². The number of phenolic OH excluding ortho intramolecular Hbond substituents is 1. The molecule has 1 unspecified atom stereocenters. The Kier molecular flexibility index (Phi) is 7.81. The minimum Gasteiger partial charge on any atom is -0.507 e. The van der Waals surface area contributed by atoms with Gasteiger partial charge >= 0.3 is 5.69 Å². The van der Waals surface area contributed by atoms with E-state index in [0.29, 0.717) is 4.68 Å². The number of nitrogens with zero attached hydrogens (tertiary/aromatic N) is 2. The lowest BCUT2D eigenvalue weighted by molar-refractivity contribution is 0.141. The van der Waals surface area contributed by atoms with Crippen LogP contribution in [0.3, 0.4) is 0 Å². The first-order valence-electron chi connectivity index (χ1n) is 9.49. The molecule has 1 atom stereocenters. The number of aliphatic hydroxyl groups is 1. The number of aromatic hydroxyl groups is 1. The molecule has 11 nitrogen and oxygen atoms in total. The zero-order valence-electron chi connectivity index (χ0n) is 17.5. The van der Waals surface area contributed by atoms with Gasteiger partial charge in [0.05, 0.1) is 22.3 Å². The van der Waals surface area contributed by atoms with E-state index in [4.69, 9.17) is 33.0 Å². The zero-order chi connectivity index (χ0) is 26.1. The van der Waals surface area contributed by atoms with Crippen LogP contribution in [0.4, 0.5) is 8.78 Å². The summed E-state index contributed by atoms with van der Waals surface area (Å²) < 4.78 is 59.2. The van der Waals surface area contributed by atoms with E-state index in [-0.39, 0.29) is 27.2 Å². The summed E-state index contributed by atoms with van der Waals surface area (Å²) in [6.45, 7) is 0.919. The SMILES string of the molecule is CC(CO)NS(=O)(=O)c1cc(Oc2c(Cl)cc(-n3nc(C(F)F)c(=O)[nH]c3=O)cc2Cl)ccc1O. The van der Waals surface area contributed by atoms with Gasteiger partial charge in [0.15, 0.2) is 11.4 Å². The van der Waals surface area contributed by atoms with Crippen LogP contribution in [0.1, 0.15) is 19.0 Å². The summed E-state index contributed by atoms with van der Waals surface area (Å²) in [5.41, 5.74) is -3.84. The number of H-pyrrole nitrogens is 1. The van der Waals surface area contributed by atoms with Gasteiger partial charge in [0.2, 0.25) is 10.0 Å². The first kappa shape index (κ1) is 26.6. The van der Waals surface area contributed by atoms with Crippen molar-refractivity contribution in [1.29, 1.82) is 0 Å². The minimum absolute atomic E-state index is 0.115. The highest BCUT2D eigenvalue weighted by Crippen LogP contribution is 2.39. The number of aromatic nitrogens is 3. The number of rotatable bonds is 8. The van der Waals surface area contributed by atoms with Crippen molar-refractivity contribution in [3.63, 3.8) is 0 Å². The molecule has 0 aliphatic rings. The number of alkyl halides is 2. The number of aliphatic hydroxyl groups excluding tert-OH is 1. The number of halogens is 4. The summed E-state index contributed by atoms with van der Waals surface area (Å²) in [5, 5.41) is 22.0. The van der Waals surface area contributed by atoms with Crippen molar-refractivity contribution in [2.45, 2.75) is 24.3 Å². The molecule has 3 aromatic rings. The number of ether oxygens (including phenoxy) is 1. The second-order valence-corrected chi connectivity index (χ2v) is 9.53. The highest BCUT2D eigenvalue weighted by molar-refractivity contribution is 7.89. The lowest BCUT2D eigenvalue weighted by Gasteiger charge is -2.15. The van der Waals surface area contributed by atoms with E-state index in [1.165, 1.54) is 13.0 Å². The van der Waals surface area contributed by atoms with Crippen molar-refractivity contribution in [2.24, 2.45) is 0 Å². The van der Waals surface area contributed by atoms with Gasteiger partial charge in [-0.25, -0.2) is 26.7 Å². The Balaban J connectivity index is 2.01. The summed E-state index contributed by atoms with van der Waals surface area (Å²) in [6.07, 6.45) is -3.26. The summed E-state index contributed by atoms with van der Waals surface area (Å²) in [7, 11) is -4.24. The number of aromatic amines is 1. The van der Waals surface area contributed by atoms with Gasteiger partial charge in [-0.15, -0.1) is 0 Å².